The molecule has 0 aliphatic carbocycles. The predicted molar refractivity (Wildman–Crippen MR) is 94.9 cm³/mol. The molecule has 126 valence electrons. The zero-order valence-corrected chi connectivity index (χ0v) is 14.3. The van der Waals surface area contributed by atoms with Gasteiger partial charge >= 0.3 is 0 Å². The lowest BCUT2D eigenvalue weighted by Crippen LogP contribution is -2.23. The molecule has 7 nitrogen and oxygen atoms in total. The molecule has 4 aromatic rings. The summed E-state index contributed by atoms with van der Waals surface area (Å²) < 4.78 is 2.95. The van der Waals surface area contributed by atoms with Crippen LogP contribution in [0.3, 0.4) is 0 Å². The minimum absolute atomic E-state index is 0.0672. The third kappa shape index (κ3) is 2.63. The number of nitrogens with one attached hydrogen (secondary N) is 1. The van der Waals surface area contributed by atoms with E-state index in [0.29, 0.717) is 17.3 Å². The standard InChI is InChI=1S/C18H18N6O/c1-18(2,3)14-11-15-19-20-17(23(15)22-14)24-16(25)10-9-13(21-24)12-7-5-4-6-8-12/h4-11,22H,1-3H3. The summed E-state index contributed by atoms with van der Waals surface area (Å²) in [4.78, 5) is 12.4. The Hall–Kier alpha value is -3.22. The van der Waals surface area contributed by atoms with Gasteiger partial charge in [-0.2, -0.15) is 14.3 Å². The van der Waals surface area contributed by atoms with Crippen LogP contribution in [0.5, 0.6) is 0 Å². The maximum Gasteiger partial charge on any atom is 0.274 e. The normalized spacial score (nSPS) is 12.0. The molecule has 1 aromatic carbocycles. The molecule has 0 saturated heterocycles. The van der Waals surface area contributed by atoms with Crippen LogP contribution in [0.15, 0.2) is 53.3 Å². The fourth-order valence-electron chi connectivity index (χ4n) is 2.61. The molecule has 3 aromatic heterocycles. The van der Waals surface area contributed by atoms with Crippen LogP contribution in [0.25, 0.3) is 22.9 Å². The van der Waals surface area contributed by atoms with Crippen molar-refractivity contribution in [2.24, 2.45) is 0 Å². The molecule has 1 N–H and O–H groups in total. The Labute approximate surface area is 143 Å². The number of benzene rings is 1. The van der Waals surface area contributed by atoms with Crippen molar-refractivity contribution >= 4 is 5.65 Å². The number of hydrogen-bond acceptors (Lipinski definition) is 4. The molecule has 0 radical (unpaired) electrons. The molecule has 0 bridgehead atoms. The summed E-state index contributed by atoms with van der Waals surface area (Å²) in [6.45, 7) is 6.31. The fraction of sp³-hybridized carbons (Fsp3) is 0.222. The van der Waals surface area contributed by atoms with E-state index in [1.54, 1.807) is 10.6 Å². The highest BCUT2D eigenvalue weighted by Gasteiger charge is 2.20. The molecule has 0 saturated carbocycles. The number of H-pyrrole nitrogens is 1. The maximum atomic E-state index is 12.4. The molecule has 0 fully saturated rings. The van der Waals surface area contributed by atoms with Crippen molar-refractivity contribution in [3.63, 3.8) is 0 Å². The van der Waals surface area contributed by atoms with Crippen LogP contribution in [0.4, 0.5) is 0 Å². The zero-order valence-electron chi connectivity index (χ0n) is 14.3. The SMILES string of the molecule is CC(C)(C)c1cc2nnc(-n3nc(-c4ccccc4)ccc3=O)n2[nH]1. The third-order valence-corrected chi connectivity index (χ3v) is 4.04. The van der Waals surface area contributed by atoms with Crippen LogP contribution in [0.2, 0.25) is 0 Å². The highest BCUT2D eigenvalue weighted by Crippen LogP contribution is 2.22. The summed E-state index contributed by atoms with van der Waals surface area (Å²) in [6.07, 6.45) is 0. The second kappa shape index (κ2) is 5.41. The van der Waals surface area contributed by atoms with E-state index in [-0.39, 0.29) is 11.0 Å². The quantitative estimate of drug-likeness (QED) is 0.611. The number of nitrogens with zero attached hydrogens (tertiary/aromatic N) is 5. The Bertz CT molecular complexity index is 1100. The molecular weight excluding hydrogens is 316 g/mol. The van der Waals surface area contributed by atoms with Crippen molar-refractivity contribution in [1.82, 2.24) is 29.6 Å². The van der Waals surface area contributed by atoms with E-state index in [1.165, 1.54) is 10.7 Å². The summed E-state index contributed by atoms with van der Waals surface area (Å²) in [6, 6.07) is 14.8. The van der Waals surface area contributed by atoms with Crippen molar-refractivity contribution in [3.8, 4) is 17.2 Å². The monoisotopic (exact) mass is 334 g/mol. The summed E-state index contributed by atoms with van der Waals surface area (Å²) in [5.41, 5.74) is 2.95. The van der Waals surface area contributed by atoms with Gasteiger partial charge in [-0.3, -0.25) is 9.89 Å². The molecule has 4 rings (SSSR count). The highest BCUT2D eigenvalue weighted by molar-refractivity contribution is 5.58. The lowest BCUT2D eigenvalue weighted by molar-refractivity contribution is 0.560. The molecule has 0 atom stereocenters. The average Bonchev–Trinajstić information content (AvgIpc) is 3.17. The van der Waals surface area contributed by atoms with Crippen molar-refractivity contribution in [3.05, 3.63) is 64.6 Å². The molecule has 0 aliphatic rings. The van der Waals surface area contributed by atoms with Crippen LogP contribution < -0.4 is 5.56 Å². The van der Waals surface area contributed by atoms with Crippen molar-refractivity contribution in [2.75, 3.05) is 0 Å². The van der Waals surface area contributed by atoms with Crippen LogP contribution in [-0.4, -0.2) is 29.6 Å². The maximum absolute atomic E-state index is 12.4. The lowest BCUT2D eigenvalue weighted by Gasteiger charge is -2.15. The molecule has 0 unspecified atom stereocenters. The molecular formula is C18H18N6O. The largest absolute Gasteiger partial charge is 0.293 e. The van der Waals surface area contributed by atoms with Gasteiger partial charge < -0.3 is 0 Å². The summed E-state index contributed by atoms with van der Waals surface area (Å²) in [5, 5.41) is 16.0. The van der Waals surface area contributed by atoms with Crippen molar-refractivity contribution in [2.45, 2.75) is 26.2 Å². The second-order valence-corrected chi connectivity index (χ2v) is 6.95. The van der Waals surface area contributed by atoms with E-state index in [9.17, 15) is 4.79 Å². The first-order valence-corrected chi connectivity index (χ1v) is 8.04. The smallest absolute Gasteiger partial charge is 0.274 e. The van der Waals surface area contributed by atoms with E-state index >= 15 is 0 Å². The number of aromatic amines is 1. The zero-order chi connectivity index (χ0) is 17.6. The first kappa shape index (κ1) is 15.3. The van der Waals surface area contributed by atoms with Gasteiger partial charge in [0, 0.05) is 28.8 Å². The lowest BCUT2D eigenvalue weighted by atomic mass is 9.93. The number of fused-ring (bicyclic) bond motifs is 1. The van der Waals surface area contributed by atoms with E-state index in [2.05, 4.69) is 41.2 Å². The van der Waals surface area contributed by atoms with Gasteiger partial charge in [-0.25, -0.2) is 0 Å². The molecule has 25 heavy (non-hydrogen) atoms. The highest BCUT2D eigenvalue weighted by atomic mass is 16.1. The van der Waals surface area contributed by atoms with Gasteiger partial charge in [0.1, 0.15) is 0 Å². The number of rotatable bonds is 2. The first-order valence-electron chi connectivity index (χ1n) is 8.04. The van der Waals surface area contributed by atoms with Gasteiger partial charge in [0.05, 0.1) is 5.69 Å². The van der Waals surface area contributed by atoms with Gasteiger partial charge in [-0.1, -0.05) is 51.1 Å². The van der Waals surface area contributed by atoms with Gasteiger partial charge in [-0.15, -0.1) is 10.2 Å². The Morgan fingerprint density at radius 2 is 1.76 bits per heavy atom. The van der Waals surface area contributed by atoms with E-state index in [0.717, 1.165) is 11.3 Å². The Kier molecular flexibility index (Phi) is 3.31. The predicted octanol–water partition coefficient (Wildman–Crippen LogP) is 2.57. The van der Waals surface area contributed by atoms with Crippen LogP contribution in [0, 0.1) is 0 Å². The van der Waals surface area contributed by atoms with Crippen molar-refractivity contribution in [1.29, 1.82) is 0 Å². The molecule has 0 amide bonds. The summed E-state index contributed by atoms with van der Waals surface area (Å²) in [7, 11) is 0. The Balaban J connectivity index is 1.89. The molecule has 7 heteroatoms. The van der Waals surface area contributed by atoms with Gasteiger partial charge in [-0.05, 0) is 6.07 Å². The minimum atomic E-state index is -0.263. The van der Waals surface area contributed by atoms with Gasteiger partial charge in [0.15, 0.2) is 5.65 Å². The van der Waals surface area contributed by atoms with E-state index < -0.39 is 0 Å². The minimum Gasteiger partial charge on any atom is -0.293 e. The van der Waals surface area contributed by atoms with Gasteiger partial charge in [0.2, 0.25) is 0 Å². The van der Waals surface area contributed by atoms with E-state index in [1.807, 2.05) is 36.4 Å². The molecule has 0 aliphatic heterocycles. The van der Waals surface area contributed by atoms with Crippen molar-refractivity contribution < 1.29 is 0 Å². The van der Waals surface area contributed by atoms with Crippen LogP contribution in [0.1, 0.15) is 26.5 Å². The Morgan fingerprint density at radius 3 is 2.48 bits per heavy atom. The summed E-state index contributed by atoms with van der Waals surface area (Å²) >= 11 is 0. The van der Waals surface area contributed by atoms with E-state index in [4.69, 9.17) is 0 Å². The number of aromatic nitrogens is 6. The molecule has 0 spiro atoms. The Morgan fingerprint density at radius 1 is 1.00 bits per heavy atom. The van der Waals surface area contributed by atoms with Crippen LogP contribution >= 0.6 is 0 Å². The second-order valence-electron chi connectivity index (χ2n) is 6.95. The molecule has 3 heterocycles. The first-order chi connectivity index (χ1) is 11.9. The topological polar surface area (TPSA) is 80.9 Å². The van der Waals surface area contributed by atoms with Crippen LogP contribution in [-0.2, 0) is 5.41 Å². The third-order valence-electron chi connectivity index (χ3n) is 4.04. The average molecular weight is 334 g/mol. The van der Waals surface area contributed by atoms with Gasteiger partial charge in [0.25, 0.3) is 11.5 Å². The fourth-order valence-corrected chi connectivity index (χ4v) is 2.61. The number of hydrogen-bond donors (Lipinski definition) is 1. The summed E-state index contributed by atoms with van der Waals surface area (Å²) in [5.74, 6) is 0.341.